The number of rotatable bonds is 5. The number of para-hydroxylation sites is 1. The van der Waals surface area contributed by atoms with Gasteiger partial charge in [-0.25, -0.2) is 9.67 Å². The van der Waals surface area contributed by atoms with Gasteiger partial charge < -0.3 is 14.2 Å². The van der Waals surface area contributed by atoms with Crippen LogP contribution in [-0.4, -0.2) is 62.6 Å². The van der Waals surface area contributed by atoms with Crippen molar-refractivity contribution in [2.45, 2.75) is 6.42 Å². The van der Waals surface area contributed by atoms with Gasteiger partial charge in [-0.3, -0.25) is 9.59 Å². The van der Waals surface area contributed by atoms with Gasteiger partial charge in [0.15, 0.2) is 5.76 Å². The van der Waals surface area contributed by atoms with Crippen molar-refractivity contribution < 1.29 is 14.0 Å². The molecule has 166 valence electrons. The molecule has 8 nitrogen and oxygen atoms in total. The monoisotopic (exact) mass is 441 g/mol. The Morgan fingerprint density at radius 2 is 1.42 bits per heavy atom. The third kappa shape index (κ3) is 4.41. The lowest BCUT2D eigenvalue weighted by molar-refractivity contribution is 0.0512. The van der Waals surface area contributed by atoms with Crippen LogP contribution in [0.3, 0.4) is 0 Å². The molecule has 0 saturated carbocycles. The lowest BCUT2D eigenvalue weighted by atomic mass is 10.1. The quantitative estimate of drug-likeness (QED) is 0.475. The van der Waals surface area contributed by atoms with E-state index < -0.39 is 0 Å². The number of furan rings is 1. The number of carbonyl (C=O) groups is 2. The minimum Gasteiger partial charge on any atom is -0.459 e. The molecule has 2 amide bonds. The van der Waals surface area contributed by atoms with E-state index in [0.29, 0.717) is 44.2 Å². The minimum atomic E-state index is -0.232. The Bertz CT molecular complexity index is 1230. The fraction of sp³-hybridized carbons (Fsp3) is 0.200. The van der Waals surface area contributed by atoms with Crippen molar-refractivity contribution in [2.24, 2.45) is 0 Å². The standard InChI is InChI=1S/C25H23N5O3/c31-24(21-12-7-17-33-21)28-13-15-29(16-14-28)25(32)23-26-22(18-19-8-3-1-4-9-19)30(27-23)20-10-5-2-6-11-20/h1-12,17H,13-16,18H2. The van der Waals surface area contributed by atoms with Crippen molar-refractivity contribution in [3.05, 3.63) is 102 Å². The Labute approximate surface area is 191 Å². The van der Waals surface area contributed by atoms with Crippen LogP contribution in [0, 0.1) is 0 Å². The highest BCUT2D eigenvalue weighted by atomic mass is 16.3. The maximum atomic E-state index is 13.2. The second kappa shape index (κ2) is 9.12. The highest BCUT2D eigenvalue weighted by Gasteiger charge is 2.29. The van der Waals surface area contributed by atoms with Crippen molar-refractivity contribution in [1.82, 2.24) is 24.6 Å². The Kier molecular flexibility index (Phi) is 5.72. The van der Waals surface area contributed by atoms with Gasteiger partial charge in [0.25, 0.3) is 11.8 Å². The van der Waals surface area contributed by atoms with Gasteiger partial charge in [-0.15, -0.1) is 5.10 Å². The van der Waals surface area contributed by atoms with Gasteiger partial charge in [-0.1, -0.05) is 48.5 Å². The maximum absolute atomic E-state index is 13.2. The van der Waals surface area contributed by atoms with E-state index in [1.807, 2.05) is 60.7 Å². The largest absolute Gasteiger partial charge is 0.459 e. The summed E-state index contributed by atoms with van der Waals surface area (Å²) in [6, 6.07) is 23.0. The van der Waals surface area contributed by atoms with Gasteiger partial charge in [0.1, 0.15) is 5.82 Å². The number of piperazine rings is 1. The molecule has 1 fully saturated rings. The summed E-state index contributed by atoms with van der Waals surface area (Å²) >= 11 is 0. The normalized spacial score (nSPS) is 13.8. The second-order valence-corrected chi connectivity index (χ2v) is 7.82. The molecule has 0 N–H and O–H groups in total. The van der Waals surface area contributed by atoms with Crippen molar-refractivity contribution in [3.8, 4) is 5.69 Å². The molecule has 1 aliphatic heterocycles. The van der Waals surface area contributed by atoms with Crippen LogP contribution in [0.2, 0.25) is 0 Å². The topological polar surface area (TPSA) is 84.5 Å². The number of hydrogen-bond donors (Lipinski definition) is 0. The highest BCUT2D eigenvalue weighted by Crippen LogP contribution is 2.16. The molecule has 8 heteroatoms. The highest BCUT2D eigenvalue weighted by molar-refractivity contribution is 5.92. The van der Waals surface area contributed by atoms with Crippen LogP contribution >= 0.6 is 0 Å². The van der Waals surface area contributed by atoms with E-state index in [1.54, 1.807) is 26.6 Å². The lowest BCUT2D eigenvalue weighted by Gasteiger charge is -2.33. The summed E-state index contributed by atoms with van der Waals surface area (Å²) in [4.78, 5) is 33.7. The van der Waals surface area contributed by atoms with E-state index in [2.05, 4.69) is 10.1 Å². The molecule has 33 heavy (non-hydrogen) atoms. The molecule has 0 aliphatic carbocycles. The van der Waals surface area contributed by atoms with Crippen molar-refractivity contribution in [1.29, 1.82) is 0 Å². The van der Waals surface area contributed by atoms with Gasteiger partial charge in [0, 0.05) is 32.6 Å². The number of benzene rings is 2. The summed E-state index contributed by atoms with van der Waals surface area (Å²) < 4.78 is 6.94. The average molecular weight is 441 g/mol. The molecule has 2 aromatic heterocycles. The van der Waals surface area contributed by atoms with E-state index in [1.165, 1.54) is 6.26 Å². The first-order chi connectivity index (χ1) is 16.2. The Hall–Kier alpha value is -4.20. The first-order valence-corrected chi connectivity index (χ1v) is 10.9. The summed E-state index contributed by atoms with van der Waals surface area (Å²) in [5.74, 6) is 0.773. The average Bonchev–Trinajstić information content (AvgIpc) is 3.55. The fourth-order valence-corrected chi connectivity index (χ4v) is 3.91. The van der Waals surface area contributed by atoms with Crippen LogP contribution in [-0.2, 0) is 6.42 Å². The third-order valence-corrected chi connectivity index (χ3v) is 5.66. The number of amides is 2. The van der Waals surface area contributed by atoms with Crippen molar-refractivity contribution in [3.63, 3.8) is 0 Å². The Morgan fingerprint density at radius 1 is 0.788 bits per heavy atom. The van der Waals surface area contributed by atoms with Gasteiger partial charge in [-0.2, -0.15) is 0 Å². The Morgan fingerprint density at radius 3 is 2.06 bits per heavy atom. The molecule has 0 unspecified atom stereocenters. The summed E-state index contributed by atoms with van der Waals surface area (Å²) in [5, 5.41) is 4.57. The van der Waals surface area contributed by atoms with E-state index in [-0.39, 0.29) is 17.6 Å². The molecule has 3 heterocycles. The predicted octanol–water partition coefficient (Wildman–Crippen LogP) is 3.05. The summed E-state index contributed by atoms with van der Waals surface area (Å²) in [5.41, 5.74) is 1.94. The number of aromatic nitrogens is 3. The summed E-state index contributed by atoms with van der Waals surface area (Å²) in [6.07, 6.45) is 2.04. The SMILES string of the molecule is O=C(c1nc(Cc2ccccc2)n(-c2ccccc2)n1)N1CCN(C(=O)c2ccco2)CC1. The van der Waals surface area contributed by atoms with Gasteiger partial charge >= 0.3 is 0 Å². The second-order valence-electron chi connectivity index (χ2n) is 7.82. The molecule has 0 spiro atoms. The number of nitrogens with zero attached hydrogens (tertiary/aromatic N) is 5. The third-order valence-electron chi connectivity index (χ3n) is 5.66. The molecule has 4 aromatic rings. The van der Waals surface area contributed by atoms with Gasteiger partial charge in [-0.05, 0) is 29.8 Å². The molecular formula is C25H23N5O3. The van der Waals surface area contributed by atoms with Crippen LogP contribution in [0.5, 0.6) is 0 Å². The zero-order valence-corrected chi connectivity index (χ0v) is 18.0. The van der Waals surface area contributed by atoms with E-state index in [4.69, 9.17) is 4.42 Å². The Balaban J connectivity index is 1.34. The molecule has 0 atom stereocenters. The van der Waals surface area contributed by atoms with Crippen molar-refractivity contribution >= 4 is 11.8 Å². The van der Waals surface area contributed by atoms with E-state index in [9.17, 15) is 9.59 Å². The lowest BCUT2D eigenvalue weighted by Crippen LogP contribution is -2.50. The first-order valence-electron chi connectivity index (χ1n) is 10.9. The zero-order chi connectivity index (χ0) is 22.6. The molecule has 1 aliphatic rings. The van der Waals surface area contributed by atoms with Crippen LogP contribution in [0.15, 0.2) is 83.5 Å². The van der Waals surface area contributed by atoms with Crippen LogP contribution in [0.1, 0.15) is 32.6 Å². The molecule has 0 radical (unpaired) electrons. The first kappa shape index (κ1) is 20.7. The van der Waals surface area contributed by atoms with E-state index >= 15 is 0 Å². The van der Waals surface area contributed by atoms with Gasteiger partial charge in [0.05, 0.1) is 12.0 Å². The summed E-state index contributed by atoms with van der Waals surface area (Å²) in [6.45, 7) is 1.70. The number of hydrogen-bond acceptors (Lipinski definition) is 5. The molecule has 1 saturated heterocycles. The zero-order valence-electron chi connectivity index (χ0n) is 18.0. The van der Waals surface area contributed by atoms with Crippen LogP contribution in [0.4, 0.5) is 0 Å². The molecular weight excluding hydrogens is 418 g/mol. The van der Waals surface area contributed by atoms with Gasteiger partial charge in [0.2, 0.25) is 5.82 Å². The van der Waals surface area contributed by atoms with Crippen LogP contribution < -0.4 is 0 Å². The van der Waals surface area contributed by atoms with E-state index in [0.717, 1.165) is 11.3 Å². The smallest absolute Gasteiger partial charge is 0.293 e. The summed E-state index contributed by atoms with van der Waals surface area (Å²) in [7, 11) is 0. The van der Waals surface area contributed by atoms with Crippen LogP contribution in [0.25, 0.3) is 5.69 Å². The minimum absolute atomic E-state index is 0.163. The number of carbonyl (C=O) groups excluding carboxylic acids is 2. The fourth-order valence-electron chi connectivity index (χ4n) is 3.91. The molecule has 2 aromatic carbocycles. The molecule has 5 rings (SSSR count). The maximum Gasteiger partial charge on any atom is 0.293 e. The molecule has 0 bridgehead atoms. The predicted molar refractivity (Wildman–Crippen MR) is 121 cm³/mol. The van der Waals surface area contributed by atoms with Crippen molar-refractivity contribution in [2.75, 3.05) is 26.2 Å².